The Labute approximate surface area is 98.0 Å². The molecule has 0 radical (unpaired) electrons. The highest BCUT2D eigenvalue weighted by Gasteiger charge is 2.06. The summed E-state index contributed by atoms with van der Waals surface area (Å²) in [5.41, 5.74) is 1.51. The van der Waals surface area contributed by atoms with Crippen LogP contribution >= 0.6 is 0 Å². The van der Waals surface area contributed by atoms with Gasteiger partial charge in [-0.3, -0.25) is 4.79 Å². The van der Waals surface area contributed by atoms with Crippen molar-refractivity contribution in [3.8, 4) is 11.4 Å². The molecule has 0 saturated carbocycles. The first-order chi connectivity index (χ1) is 8.20. The maximum absolute atomic E-state index is 11.2. The summed E-state index contributed by atoms with van der Waals surface area (Å²) in [4.78, 5) is 11.2. The SMILES string of the molecule is C=CC(=O)Nc1cccc(-c2nnnn2C)c1. The van der Waals surface area contributed by atoms with Crippen molar-refractivity contribution in [2.75, 3.05) is 5.32 Å². The van der Waals surface area contributed by atoms with Gasteiger partial charge >= 0.3 is 0 Å². The molecule has 0 spiro atoms. The van der Waals surface area contributed by atoms with Crippen molar-refractivity contribution in [1.82, 2.24) is 20.2 Å². The number of benzene rings is 1. The van der Waals surface area contributed by atoms with Crippen LogP contribution in [0.3, 0.4) is 0 Å². The van der Waals surface area contributed by atoms with Crippen molar-refractivity contribution >= 4 is 11.6 Å². The molecule has 1 N–H and O–H groups in total. The highest BCUT2D eigenvalue weighted by Crippen LogP contribution is 2.19. The van der Waals surface area contributed by atoms with E-state index in [9.17, 15) is 4.79 Å². The Morgan fingerprint density at radius 1 is 1.53 bits per heavy atom. The van der Waals surface area contributed by atoms with Crippen LogP contribution in [0.15, 0.2) is 36.9 Å². The topological polar surface area (TPSA) is 72.7 Å². The van der Waals surface area contributed by atoms with Gasteiger partial charge in [0.2, 0.25) is 5.91 Å². The summed E-state index contributed by atoms with van der Waals surface area (Å²) in [6.07, 6.45) is 1.22. The minimum atomic E-state index is -0.252. The van der Waals surface area contributed by atoms with Crippen molar-refractivity contribution in [1.29, 1.82) is 0 Å². The summed E-state index contributed by atoms with van der Waals surface area (Å²) >= 11 is 0. The van der Waals surface area contributed by atoms with E-state index in [1.54, 1.807) is 23.9 Å². The zero-order valence-corrected chi connectivity index (χ0v) is 9.29. The maximum atomic E-state index is 11.2. The average Bonchev–Trinajstić information content (AvgIpc) is 2.75. The van der Waals surface area contributed by atoms with Crippen LogP contribution in [0.5, 0.6) is 0 Å². The normalized spacial score (nSPS) is 9.94. The molecule has 0 aliphatic carbocycles. The van der Waals surface area contributed by atoms with Crippen LogP contribution in [-0.2, 0) is 11.8 Å². The Hall–Kier alpha value is -2.50. The first kappa shape index (κ1) is 11.0. The summed E-state index contributed by atoms with van der Waals surface area (Å²) in [5, 5.41) is 13.9. The zero-order chi connectivity index (χ0) is 12.3. The van der Waals surface area contributed by atoms with Gasteiger partial charge in [-0.15, -0.1) is 5.10 Å². The van der Waals surface area contributed by atoms with Crippen LogP contribution < -0.4 is 5.32 Å². The number of rotatable bonds is 3. The lowest BCUT2D eigenvalue weighted by molar-refractivity contribution is -0.111. The van der Waals surface area contributed by atoms with Gasteiger partial charge in [-0.05, 0) is 28.6 Å². The van der Waals surface area contributed by atoms with E-state index in [1.807, 2.05) is 12.1 Å². The van der Waals surface area contributed by atoms with Crippen molar-refractivity contribution in [2.24, 2.45) is 7.05 Å². The Balaban J connectivity index is 2.32. The lowest BCUT2D eigenvalue weighted by atomic mass is 10.2. The molecule has 0 fully saturated rings. The second-order valence-corrected chi connectivity index (χ2v) is 3.40. The number of hydrogen-bond donors (Lipinski definition) is 1. The molecule has 6 heteroatoms. The smallest absolute Gasteiger partial charge is 0.247 e. The minimum absolute atomic E-state index is 0.252. The number of aromatic nitrogens is 4. The molecule has 17 heavy (non-hydrogen) atoms. The number of carbonyl (C=O) groups excluding carboxylic acids is 1. The van der Waals surface area contributed by atoms with Gasteiger partial charge in [0, 0.05) is 18.3 Å². The van der Waals surface area contributed by atoms with E-state index >= 15 is 0 Å². The van der Waals surface area contributed by atoms with Crippen LogP contribution in [0.2, 0.25) is 0 Å². The van der Waals surface area contributed by atoms with Gasteiger partial charge in [0.25, 0.3) is 0 Å². The third-order valence-electron chi connectivity index (χ3n) is 2.19. The third kappa shape index (κ3) is 2.36. The first-order valence-electron chi connectivity index (χ1n) is 4.97. The number of nitrogens with zero attached hydrogens (tertiary/aromatic N) is 4. The standard InChI is InChI=1S/C11H11N5O/c1-3-10(17)12-9-6-4-5-8(7-9)11-13-14-15-16(11)2/h3-7H,1H2,2H3,(H,12,17). The van der Waals surface area contributed by atoms with Gasteiger partial charge in [0.05, 0.1) is 0 Å². The lowest BCUT2D eigenvalue weighted by Crippen LogP contribution is -2.07. The molecule has 6 nitrogen and oxygen atoms in total. The molecule has 2 aromatic rings. The van der Waals surface area contributed by atoms with Gasteiger partial charge in [-0.2, -0.15) is 0 Å². The van der Waals surface area contributed by atoms with E-state index in [1.165, 1.54) is 6.08 Å². The molecule has 2 rings (SSSR count). The molecular formula is C11H11N5O. The number of aryl methyl sites for hydroxylation is 1. The fraction of sp³-hybridized carbons (Fsp3) is 0.0909. The third-order valence-corrected chi connectivity index (χ3v) is 2.19. The van der Waals surface area contributed by atoms with E-state index in [0.29, 0.717) is 11.5 Å². The maximum Gasteiger partial charge on any atom is 0.247 e. The number of hydrogen-bond acceptors (Lipinski definition) is 4. The van der Waals surface area contributed by atoms with E-state index < -0.39 is 0 Å². The van der Waals surface area contributed by atoms with Crippen molar-refractivity contribution in [3.05, 3.63) is 36.9 Å². The summed E-state index contributed by atoms with van der Waals surface area (Å²) in [5.74, 6) is 0.387. The molecule has 0 unspecified atom stereocenters. The monoisotopic (exact) mass is 229 g/mol. The largest absolute Gasteiger partial charge is 0.323 e. The molecule has 0 aliphatic rings. The van der Waals surface area contributed by atoms with Gasteiger partial charge < -0.3 is 5.32 Å². The fourth-order valence-electron chi connectivity index (χ4n) is 1.40. The van der Waals surface area contributed by atoms with Crippen LogP contribution in [0.1, 0.15) is 0 Å². The van der Waals surface area contributed by atoms with E-state index in [2.05, 4.69) is 27.4 Å². The van der Waals surface area contributed by atoms with Gasteiger partial charge in [-0.25, -0.2) is 4.68 Å². The fourth-order valence-corrected chi connectivity index (χ4v) is 1.40. The Bertz CT molecular complexity index is 560. The second-order valence-electron chi connectivity index (χ2n) is 3.40. The molecule has 1 aromatic heterocycles. The van der Waals surface area contributed by atoms with Crippen LogP contribution in [0.25, 0.3) is 11.4 Å². The Kier molecular flexibility index (Phi) is 2.95. The molecule has 1 amide bonds. The predicted octanol–water partition coefficient (Wildman–Crippen LogP) is 1.00. The van der Waals surface area contributed by atoms with Crippen molar-refractivity contribution in [3.63, 3.8) is 0 Å². The number of anilines is 1. The lowest BCUT2D eigenvalue weighted by Gasteiger charge is -2.04. The zero-order valence-electron chi connectivity index (χ0n) is 9.29. The molecule has 0 atom stereocenters. The summed E-state index contributed by atoms with van der Waals surface area (Å²) in [7, 11) is 1.75. The van der Waals surface area contributed by atoms with Gasteiger partial charge in [0.15, 0.2) is 5.82 Å². The van der Waals surface area contributed by atoms with Gasteiger partial charge in [0.1, 0.15) is 0 Å². The predicted molar refractivity (Wildman–Crippen MR) is 63.1 cm³/mol. The summed E-state index contributed by atoms with van der Waals surface area (Å²) < 4.78 is 1.56. The summed E-state index contributed by atoms with van der Waals surface area (Å²) in [6, 6.07) is 7.28. The quantitative estimate of drug-likeness (QED) is 0.797. The minimum Gasteiger partial charge on any atom is -0.323 e. The first-order valence-corrected chi connectivity index (χ1v) is 4.97. The molecule has 1 heterocycles. The van der Waals surface area contributed by atoms with Gasteiger partial charge in [-0.1, -0.05) is 18.7 Å². The van der Waals surface area contributed by atoms with Crippen LogP contribution in [-0.4, -0.2) is 26.1 Å². The van der Waals surface area contributed by atoms with E-state index in [0.717, 1.165) is 5.56 Å². The number of nitrogens with one attached hydrogen (secondary N) is 1. The number of tetrazole rings is 1. The van der Waals surface area contributed by atoms with Crippen molar-refractivity contribution < 1.29 is 4.79 Å². The second kappa shape index (κ2) is 4.56. The molecule has 0 aliphatic heterocycles. The molecule has 0 saturated heterocycles. The molecular weight excluding hydrogens is 218 g/mol. The van der Waals surface area contributed by atoms with Crippen LogP contribution in [0.4, 0.5) is 5.69 Å². The molecule has 0 bridgehead atoms. The van der Waals surface area contributed by atoms with E-state index in [-0.39, 0.29) is 5.91 Å². The Morgan fingerprint density at radius 3 is 3.00 bits per heavy atom. The number of carbonyl (C=O) groups is 1. The Morgan fingerprint density at radius 2 is 2.35 bits per heavy atom. The highest BCUT2D eigenvalue weighted by molar-refractivity contribution is 5.99. The van der Waals surface area contributed by atoms with Crippen LogP contribution in [0, 0.1) is 0 Å². The highest BCUT2D eigenvalue weighted by atomic mass is 16.1. The van der Waals surface area contributed by atoms with E-state index in [4.69, 9.17) is 0 Å². The summed E-state index contributed by atoms with van der Waals surface area (Å²) in [6.45, 7) is 3.39. The molecule has 86 valence electrons. The molecule has 1 aromatic carbocycles. The average molecular weight is 229 g/mol. The van der Waals surface area contributed by atoms with Crippen molar-refractivity contribution in [2.45, 2.75) is 0 Å². The number of amides is 1.